The molecule has 0 spiro atoms. The zero-order valence-corrected chi connectivity index (χ0v) is 20.3. The molecule has 0 radical (unpaired) electrons. The molecule has 5 nitrogen and oxygen atoms in total. The van der Waals surface area contributed by atoms with Crippen molar-refractivity contribution in [1.82, 2.24) is 14.5 Å². The van der Waals surface area contributed by atoms with Gasteiger partial charge in [-0.25, -0.2) is 4.98 Å². The summed E-state index contributed by atoms with van der Waals surface area (Å²) in [6.07, 6.45) is 3.42. The number of aryl methyl sites for hydroxylation is 1. The number of fused-ring (bicyclic) bond motifs is 1. The molecule has 1 saturated heterocycles. The van der Waals surface area contributed by atoms with E-state index in [2.05, 4.69) is 45.3 Å². The maximum Gasteiger partial charge on any atom is 0.233 e. The van der Waals surface area contributed by atoms with E-state index in [1.54, 1.807) is 23.1 Å². The summed E-state index contributed by atoms with van der Waals surface area (Å²) in [5.74, 6) is 0.588. The minimum absolute atomic E-state index is 0.0400. The Morgan fingerprint density at radius 3 is 2.97 bits per heavy atom. The van der Waals surface area contributed by atoms with Gasteiger partial charge >= 0.3 is 0 Å². The van der Waals surface area contributed by atoms with Gasteiger partial charge in [-0.2, -0.15) is 0 Å². The van der Waals surface area contributed by atoms with Crippen molar-refractivity contribution in [3.05, 3.63) is 55.7 Å². The number of aromatic nitrogens is 2. The number of imidazole rings is 1. The normalized spacial score (nSPS) is 20.9. The van der Waals surface area contributed by atoms with Crippen molar-refractivity contribution < 1.29 is 9.53 Å². The molecule has 164 valence electrons. The van der Waals surface area contributed by atoms with Gasteiger partial charge in [0.05, 0.1) is 30.1 Å². The first kappa shape index (κ1) is 21.2. The number of nitrogens with zero attached hydrogens (tertiary/aromatic N) is 3. The third-order valence-electron chi connectivity index (χ3n) is 6.26. The van der Waals surface area contributed by atoms with Gasteiger partial charge in [-0.3, -0.25) is 4.79 Å². The Bertz CT molecular complexity index is 1050. The first-order chi connectivity index (χ1) is 15.1. The Morgan fingerprint density at radius 1 is 1.29 bits per heavy atom. The maximum absolute atomic E-state index is 13.4. The summed E-state index contributed by atoms with van der Waals surface area (Å²) < 4.78 is 8.09. The van der Waals surface area contributed by atoms with Gasteiger partial charge in [-0.15, -0.1) is 22.7 Å². The second kappa shape index (κ2) is 9.10. The van der Waals surface area contributed by atoms with E-state index in [4.69, 9.17) is 9.72 Å². The zero-order valence-electron chi connectivity index (χ0n) is 17.9. The van der Waals surface area contributed by atoms with Crippen molar-refractivity contribution >= 4 is 40.3 Å². The molecule has 0 N–H and O–H groups in total. The molecule has 8 heteroatoms. The van der Waals surface area contributed by atoms with E-state index in [9.17, 15) is 4.79 Å². The highest BCUT2D eigenvalue weighted by atomic mass is 32.2. The highest BCUT2D eigenvalue weighted by Gasteiger charge is 2.33. The van der Waals surface area contributed by atoms with Crippen LogP contribution in [-0.4, -0.2) is 45.4 Å². The van der Waals surface area contributed by atoms with Crippen LogP contribution in [-0.2, 0) is 22.5 Å². The van der Waals surface area contributed by atoms with E-state index in [0.29, 0.717) is 5.75 Å². The molecule has 31 heavy (non-hydrogen) atoms. The fraction of sp³-hybridized carbons (Fsp3) is 0.478. The Balaban J connectivity index is 1.33. The van der Waals surface area contributed by atoms with Gasteiger partial charge in [0.1, 0.15) is 0 Å². The fourth-order valence-corrected chi connectivity index (χ4v) is 7.23. The molecule has 5 rings (SSSR count). The molecule has 2 atom stereocenters. The Hall–Kier alpha value is -1.61. The van der Waals surface area contributed by atoms with Crippen molar-refractivity contribution in [2.45, 2.75) is 57.0 Å². The number of ether oxygens (including phenoxy) is 1. The zero-order chi connectivity index (χ0) is 21.4. The van der Waals surface area contributed by atoms with E-state index >= 15 is 0 Å². The maximum atomic E-state index is 13.4. The number of hydrogen-bond donors (Lipinski definition) is 0. The molecular formula is C23H27N3O2S3. The van der Waals surface area contributed by atoms with Crippen molar-refractivity contribution in [2.75, 3.05) is 18.9 Å². The van der Waals surface area contributed by atoms with Crippen LogP contribution in [0.2, 0.25) is 0 Å². The molecule has 0 bridgehead atoms. The van der Waals surface area contributed by atoms with Gasteiger partial charge in [0.2, 0.25) is 5.91 Å². The second-order valence-electron chi connectivity index (χ2n) is 8.15. The average Bonchev–Trinajstić information content (AvgIpc) is 3.57. The van der Waals surface area contributed by atoms with E-state index < -0.39 is 0 Å². The first-order valence-electron chi connectivity index (χ1n) is 10.8. The largest absolute Gasteiger partial charge is 0.376 e. The molecule has 0 aromatic carbocycles. The fourth-order valence-electron chi connectivity index (χ4n) is 4.49. The second-order valence-corrected chi connectivity index (χ2v) is 11.1. The van der Waals surface area contributed by atoms with Gasteiger partial charge in [0.25, 0.3) is 0 Å². The minimum Gasteiger partial charge on any atom is -0.376 e. The molecule has 2 unspecified atom stereocenters. The quantitative estimate of drug-likeness (QED) is 0.469. The van der Waals surface area contributed by atoms with E-state index in [1.807, 2.05) is 18.3 Å². The summed E-state index contributed by atoms with van der Waals surface area (Å²) >= 11 is 5.10. The number of thiophene rings is 2. The van der Waals surface area contributed by atoms with Gasteiger partial charge in [0, 0.05) is 28.6 Å². The standard InChI is InChI=1S/C23H27N3O2S3/c1-15-16(2)26(13-17-5-3-10-28-17)23(24-15)31-14-21(27)25-9-7-19-18(8-12-30-19)22(25)20-6-4-11-29-20/h4,6,8,11-12,17,22H,3,5,7,9-10,13-14H2,1-2H3. The van der Waals surface area contributed by atoms with Crippen molar-refractivity contribution in [2.24, 2.45) is 0 Å². The van der Waals surface area contributed by atoms with Crippen molar-refractivity contribution in [3.8, 4) is 0 Å². The SMILES string of the molecule is Cc1nc(SCC(=O)N2CCc3sccc3C2c2cccs2)n(CC2CCCO2)c1C. The smallest absolute Gasteiger partial charge is 0.233 e. The van der Waals surface area contributed by atoms with Crippen LogP contribution in [0.1, 0.15) is 45.6 Å². The lowest BCUT2D eigenvalue weighted by atomic mass is 9.98. The highest BCUT2D eigenvalue weighted by Crippen LogP contribution is 2.40. The Labute approximate surface area is 195 Å². The number of thioether (sulfide) groups is 1. The summed E-state index contributed by atoms with van der Waals surface area (Å²) in [4.78, 5) is 22.9. The Kier molecular flexibility index (Phi) is 6.23. The van der Waals surface area contributed by atoms with Gasteiger partial charge < -0.3 is 14.2 Å². The van der Waals surface area contributed by atoms with Crippen molar-refractivity contribution in [3.63, 3.8) is 0 Å². The number of rotatable bonds is 6. The third-order valence-corrected chi connectivity index (χ3v) is 9.14. The lowest BCUT2D eigenvalue weighted by Gasteiger charge is -2.35. The van der Waals surface area contributed by atoms with Crippen LogP contribution in [0.5, 0.6) is 0 Å². The summed E-state index contributed by atoms with van der Waals surface area (Å²) in [5, 5.41) is 5.18. The molecule has 0 aliphatic carbocycles. The van der Waals surface area contributed by atoms with Crippen LogP contribution < -0.4 is 0 Å². The van der Waals surface area contributed by atoms with Crippen molar-refractivity contribution in [1.29, 1.82) is 0 Å². The molecule has 1 fully saturated rings. The average molecular weight is 474 g/mol. The number of hydrogen-bond acceptors (Lipinski definition) is 6. The number of amides is 1. The van der Waals surface area contributed by atoms with Crippen LogP contribution >= 0.6 is 34.4 Å². The molecule has 2 aliphatic heterocycles. The van der Waals surface area contributed by atoms with Crippen LogP contribution in [0.25, 0.3) is 0 Å². The monoisotopic (exact) mass is 473 g/mol. The molecule has 1 amide bonds. The summed E-state index contributed by atoms with van der Waals surface area (Å²) in [5.41, 5.74) is 3.50. The summed E-state index contributed by atoms with van der Waals surface area (Å²) in [7, 11) is 0. The van der Waals surface area contributed by atoms with E-state index in [-0.39, 0.29) is 18.1 Å². The van der Waals surface area contributed by atoms with Crippen LogP contribution in [0.15, 0.2) is 34.1 Å². The minimum atomic E-state index is 0.0400. The number of carbonyl (C=O) groups excluding carboxylic acids is 1. The lowest BCUT2D eigenvalue weighted by Crippen LogP contribution is -2.40. The van der Waals surface area contributed by atoms with Gasteiger partial charge in [0.15, 0.2) is 5.16 Å². The predicted molar refractivity (Wildman–Crippen MR) is 127 cm³/mol. The van der Waals surface area contributed by atoms with E-state index in [0.717, 1.165) is 49.8 Å². The molecule has 5 heterocycles. The Morgan fingerprint density at radius 2 is 2.19 bits per heavy atom. The van der Waals surface area contributed by atoms with Crippen LogP contribution in [0.4, 0.5) is 0 Å². The molecule has 3 aromatic rings. The molecule has 2 aliphatic rings. The molecule has 0 saturated carbocycles. The first-order valence-corrected chi connectivity index (χ1v) is 13.5. The molecule has 3 aromatic heterocycles. The van der Waals surface area contributed by atoms with Crippen LogP contribution in [0.3, 0.4) is 0 Å². The summed E-state index contributed by atoms with van der Waals surface area (Å²) in [6.45, 7) is 6.60. The lowest BCUT2D eigenvalue weighted by molar-refractivity contribution is -0.130. The topological polar surface area (TPSA) is 47.4 Å². The predicted octanol–water partition coefficient (Wildman–Crippen LogP) is 5.07. The van der Waals surface area contributed by atoms with E-state index in [1.165, 1.54) is 21.0 Å². The third kappa shape index (κ3) is 4.23. The molecular weight excluding hydrogens is 446 g/mol. The highest BCUT2D eigenvalue weighted by molar-refractivity contribution is 7.99. The number of carbonyl (C=O) groups is 1. The summed E-state index contributed by atoms with van der Waals surface area (Å²) in [6, 6.07) is 6.46. The van der Waals surface area contributed by atoms with Gasteiger partial charge in [-0.05, 0) is 61.6 Å². The van der Waals surface area contributed by atoms with Gasteiger partial charge in [-0.1, -0.05) is 17.8 Å². The van der Waals surface area contributed by atoms with Crippen LogP contribution in [0, 0.1) is 13.8 Å².